The average Bonchev–Trinajstić information content (AvgIpc) is 2.94. The van der Waals surface area contributed by atoms with Crippen LogP contribution in [-0.4, -0.2) is 11.8 Å². The van der Waals surface area contributed by atoms with Crippen molar-refractivity contribution in [2.24, 2.45) is 0 Å². The van der Waals surface area contributed by atoms with Crippen molar-refractivity contribution < 1.29 is 9.47 Å². The zero-order chi connectivity index (χ0) is 11.5. The molecule has 0 bridgehead atoms. The molecule has 0 radical (unpaired) electrons. The van der Waals surface area contributed by atoms with Gasteiger partial charge in [0.1, 0.15) is 6.26 Å². The minimum absolute atomic E-state index is 0.276. The number of aromatic nitrogens is 1. The average molecular weight is 225 g/mol. The lowest BCUT2D eigenvalue weighted by Gasteiger charge is -2.07. The SMILES string of the molecule is C1=C(c2cccnc2-c2ccccc2)OCO1. The third kappa shape index (κ3) is 1.87. The van der Waals surface area contributed by atoms with Crippen LogP contribution in [0.15, 0.2) is 54.9 Å². The number of ether oxygens (including phenoxy) is 2. The molecule has 17 heavy (non-hydrogen) atoms. The van der Waals surface area contributed by atoms with Crippen molar-refractivity contribution in [1.82, 2.24) is 4.98 Å². The monoisotopic (exact) mass is 225 g/mol. The third-order valence-electron chi connectivity index (χ3n) is 2.59. The quantitative estimate of drug-likeness (QED) is 0.787. The molecule has 3 nitrogen and oxygen atoms in total. The van der Waals surface area contributed by atoms with E-state index in [0.717, 1.165) is 22.6 Å². The second kappa shape index (κ2) is 4.29. The van der Waals surface area contributed by atoms with Gasteiger partial charge in [0.25, 0.3) is 0 Å². The second-order valence-corrected chi connectivity index (χ2v) is 3.68. The summed E-state index contributed by atoms with van der Waals surface area (Å²) in [7, 11) is 0. The van der Waals surface area contributed by atoms with Crippen molar-refractivity contribution in [3.05, 3.63) is 60.5 Å². The van der Waals surface area contributed by atoms with E-state index in [1.54, 1.807) is 12.5 Å². The van der Waals surface area contributed by atoms with Gasteiger partial charge in [-0.15, -0.1) is 0 Å². The highest BCUT2D eigenvalue weighted by Gasteiger charge is 2.15. The number of benzene rings is 1. The van der Waals surface area contributed by atoms with E-state index in [1.807, 2.05) is 42.5 Å². The molecule has 2 aromatic rings. The predicted molar refractivity (Wildman–Crippen MR) is 64.7 cm³/mol. The molecule has 1 aliphatic rings. The molecule has 84 valence electrons. The van der Waals surface area contributed by atoms with E-state index < -0.39 is 0 Å². The summed E-state index contributed by atoms with van der Waals surface area (Å²) in [5.41, 5.74) is 2.93. The van der Waals surface area contributed by atoms with Crippen molar-refractivity contribution in [2.45, 2.75) is 0 Å². The summed E-state index contributed by atoms with van der Waals surface area (Å²) in [6.45, 7) is 0.276. The van der Waals surface area contributed by atoms with Crippen LogP contribution in [0.2, 0.25) is 0 Å². The fourth-order valence-electron chi connectivity index (χ4n) is 1.81. The summed E-state index contributed by atoms with van der Waals surface area (Å²) in [4.78, 5) is 4.42. The molecule has 0 saturated carbocycles. The van der Waals surface area contributed by atoms with Crippen molar-refractivity contribution in [3.63, 3.8) is 0 Å². The zero-order valence-electron chi connectivity index (χ0n) is 9.17. The van der Waals surface area contributed by atoms with E-state index in [2.05, 4.69) is 4.98 Å². The lowest BCUT2D eigenvalue weighted by molar-refractivity contribution is 0.100. The first kappa shape index (κ1) is 9.90. The molecule has 0 atom stereocenters. The van der Waals surface area contributed by atoms with Crippen LogP contribution in [0.5, 0.6) is 0 Å². The minimum atomic E-state index is 0.276. The smallest absolute Gasteiger partial charge is 0.230 e. The molecule has 1 aliphatic heterocycles. The third-order valence-corrected chi connectivity index (χ3v) is 2.59. The summed E-state index contributed by atoms with van der Waals surface area (Å²) in [5.74, 6) is 0.733. The number of pyridine rings is 1. The van der Waals surface area contributed by atoms with Crippen LogP contribution < -0.4 is 0 Å². The topological polar surface area (TPSA) is 31.4 Å². The fourth-order valence-corrected chi connectivity index (χ4v) is 1.81. The molecule has 0 unspecified atom stereocenters. The summed E-state index contributed by atoms with van der Waals surface area (Å²) in [6, 6.07) is 13.9. The molecule has 3 rings (SSSR count). The van der Waals surface area contributed by atoms with E-state index in [1.165, 1.54) is 0 Å². The zero-order valence-corrected chi connectivity index (χ0v) is 9.17. The number of rotatable bonds is 2. The summed E-state index contributed by atoms with van der Waals surface area (Å²) < 4.78 is 10.5. The Kier molecular flexibility index (Phi) is 2.50. The van der Waals surface area contributed by atoms with Crippen LogP contribution in [0.4, 0.5) is 0 Å². The molecule has 3 heteroatoms. The highest BCUT2D eigenvalue weighted by molar-refractivity contribution is 5.75. The minimum Gasteiger partial charge on any atom is -0.461 e. The molecule has 0 N–H and O–H groups in total. The molecule has 0 saturated heterocycles. The highest BCUT2D eigenvalue weighted by Crippen LogP contribution is 2.29. The van der Waals surface area contributed by atoms with E-state index in [9.17, 15) is 0 Å². The van der Waals surface area contributed by atoms with Crippen LogP contribution in [0, 0.1) is 0 Å². The lowest BCUT2D eigenvalue weighted by atomic mass is 10.1. The Morgan fingerprint density at radius 1 is 1.00 bits per heavy atom. The van der Waals surface area contributed by atoms with Gasteiger partial charge in [-0.05, 0) is 12.1 Å². The van der Waals surface area contributed by atoms with Gasteiger partial charge in [0.2, 0.25) is 6.79 Å². The summed E-state index contributed by atoms with van der Waals surface area (Å²) in [6.07, 6.45) is 3.41. The maximum Gasteiger partial charge on any atom is 0.230 e. The molecular weight excluding hydrogens is 214 g/mol. The van der Waals surface area contributed by atoms with Crippen LogP contribution in [0.3, 0.4) is 0 Å². The maximum atomic E-state index is 5.40. The molecule has 2 heterocycles. The Balaban J connectivity index is 2.11. The second-order valence-electron chi connectivity index (χ2n) is 3.68. The van der Waals surface area contributed by atoms with Gasteiger partial charge in [-0.1, -0.05) is 30.3 Å². The van der Waals surface area contributed by atoms with Gasteiger partial charge in [0.05, 0.1) is 5.69 Å². The first-order valence-corrected chi connectivity index (χ1v) is 5.40. The van der Waals surface area contributed by atoms with E-state index in [4.69, 9.17) is 9.47 Å². The Hall–Kier alpha value is -2.29. The molecule has 0 spiro atoms. The predicted octanol–water partition coefficient (Wildman–Crippen LogP) is 3.05. The largest absolute Gasteiger partial charge is 0.461 e. The van der Waals surface area contributed by atoms with Gasteiger partial charge in [0, 0.05) is 17.3 Å². The normalized spacial score (nSPS) is 13.8. The summed E-state index contributed by atoms with van der Waals surface area (Å²) in [5, 5.41) is 0. The Morgan fingerprint density at radius 3 is 2.65 bits per heavy atom. The highest BCUT2D eigenvalue weighted by atomic mass is 16.7. The van der Waals surface area contributed by atoms with Crippen LogP contribution in [0.25, 0.3) is 17.0 Å². The van der Waals surface area contributed by atoms with E-state index >= 15 is 0 Å². The molecular formula is C14H11NO2. The van der Waals surface area contributed by atoms with Crippen molar-refractivity contribution >= 4 is 5.76 Å². The van der Waals surface area contributed by atoms with Crippen molar-refractivity contribution in [2.75, 3.05) is 6.79 Å². The molecule has 0 aliphatic carbocycles. The van der Waals surface area contributed by atoms with Crippen molar-refractivity contribution in [3.8, 4) is 11.3 Å². The Morgan fingerprint density at radius 2 is 1.88 bits per heavy atom. The van der Waals surface area contributed by atoms with Crippen LogP contribution in [0.1, 0.15) is 5.56 Å². The fraction of sp³-hybridized carbons (Fsp3) is 0.0714. The molecule has 0 fully saturated rings. The Bertz CT molecular complexity index is 549. The first-order chi connectivity index (χ1) is 8.45. The molecule has 0 amide bonds. The number of hydrogen-bond donors (Lipinski definition) is 0. The van der Waals surface area contributed by atoms with Crippen molar-refractivity contribution in [1.29, 1.82) is 0 Å². The van der Waals surface area contributed by atoms with E-state index in [0.29, 0.717) is 0 Å². The standard InChI is InChI=1S/C14H11NO2/c1-2-5-11(6-3-1)14-12(7-4-8-15-14)13-9-16-10-17-13/h1-9H,10H2. The van der Waals surface area contributed by atoms with Gasteiger partial charge >= 0.3 is 0 Å². The van der Waals surface area contributed by atoms with Gasteiger partial charge in [-0.2, -0.15) is 0 Å². The Labute approximate surface area is 99.3 Å². The summed E-state index contributed by atoms with van der Waals surface area (Å²) >= 11 is 0. The van der Waals surface area contributed by atoms with Crippen LogP contribution >= 0.6 is 0 Å². The maximum absolute atomic E-state index is 5.40. The molecule has 1 aromatic heterocycles. The number of hydrogen-bond acceptors (Lipinski definition) is 3. The number of nitrogens with zero attached hydrogens (tertiary/aromatic N) is 1. The van der Waals surface area contributed by atoms with Gasteiger partial charge < -0.3 is 9.47 Å². The molecule has 1 aromatic carbocycles. The van der Waals surface area contributed by atoms with Gasteiger partial charge in [-0.3, -0.25) is 4.98 Å². The van der Waals surface area contributed by atoms with E-state index in [-0.39, 0.29) is 6.79 Å². The van der Waals surface area contributed by atoms with Crippen LogP contribution in [-0.2, 0) is 9.47 Å². The van der Waals surface area contributed by atoms with Gasteiger partial charge in [0.15, 0.2) is 5.76 Å². The first-order valence-electron chi connectivity index (χ1n) is 5.40. The van der Waals surface area contributed by atoms with Gasteiger partial charge in [-0.25, -0.2) is 0 Å². The lowest BCUT2D eigenvalue weighted by Crippen LogP contribution is -1.93.